The van der Waals surface area contributed by atoms with Gasteiger partial charge in [0.25, 0.3) is 5.91 Å². The normalized spacial score (nSPS) is 10.3. The Labute approximate surface area is 140 Å². The van der Waals surface area contributed by atoms with Crippen LogP contribution in [-0.2, 0) is 0 Å². The van der Waals surface area contributed by atoms with Gasteiger partial charge in [0.1, 0.15) is 0 Å². The van der Waals surface area contributed by atoms with Crippen molar-refractivity contribution in [3.8, 4) is 11.3 Å². The Morgan fingerprint density at radius 3 is 2.48 bits per heavy atom. The van der Waals surface area contributed by atoms with E-state index < -0.39 is 0 Å². The molecule has 0 saturated heterocycles. The van der Waals surface area contributed by atoms with Gasteiger partial charge >= 0.3 is 0 Å². The molecule has 1 amide bonds. The topological polar surface area (TPSA) is 42.0 Å². The highest BCUT2D eigenvalue weighted by Crippen LogP contribution is 2.20. The summed E-state index contributed by atoms with van der Waals surface area (Å²) in [5, 5.41) is 3.42. The number of hydrogen-bond acceptors (Lipinski definition) is 2. The number of amides is 1. The monoisotopic (exact) mass is 322 g/mol. The number of nitrogens with one attached hydrogen (secondary N) is 1. The minimum atomic E-state index is -0.197. The first-order valence-electron chi connectivity index (χ1n) is 7.23. The van der Waals surface area contributed by atoms with E-state index >= 15 is 0 Å². The molecule has 0 aliphatic heterocycles. The molecule has 2 aromatic carbocycles. The molecule has 0 fully saturated rings. The SMILES string of the molecule is Cc1nc(-c2ccccc2)ccc1C(=O)Nc1cccc(Cl)c1. The van der Waals surface area contributed by atoms with Crippen molar-refractivity contribution in [2.75, 3.05) is 5.32 Å². The summed E-state index contributed by atoms with van der Waals surface area (Å²) in [6.07, 6.45) is 0. The van der Waals surface area contributed by atoms with Crippen LogP contribution in [0.1, 0.15) is 16.1 Å². The molecule has 1 aromatic heterocycles. The Kier molecular flexibility index (Phi) is 4.40. The van der Waals surface area contributed by atoms with Crippen LogP contribution in [0.15, 0.2) is 66.7 Å². The molecule has 3 aromatic rings. The summed E-state index contributed by atoms with van der Waals surface area (Å²) >= 11 is 5.93. The van der Waals surface area contributed by atoms with Crippen LogP contribution in [0.4, 0.5) is 5.69 Å². The zero-order chi connectivity index (χ0) is 16.2. The van der Waals surface area contributed by atoms with Gasteiger partial charge in [-0.25, -0.2) is 0 Å². The molecule has 0 radical (unpaired) electrons. The first-order valence-corrected chi connectivity index (χ1v) is 7.61. The lowest BCUT2D eigenvalue weighted by atomic mass is 10.1. The summed E-state index contributed by atoms with van der Waals surface area (Å²) in [5.41, 5.74) is 3.77. The standard InChI is InChI=1S/C19H15ClN2O/c1-13-17(19(23)22-16-9-5-8-15(20)12-16)10-11-18(21-13)14-6-3-2-4-7-14/h2-12H,1H3,(H,22,23). The Balaban J connectivity index is 1.84. The summed E-state index contributed by atoms with van der Waals surface area (Å²) in [5.74, 6) is -0.197. The second kappa shape index (κ2) is 6.63. The average molecular weight is 323 g/mol. The molecular weight excluding hydrogens is 308 g/mol. The fourth-order valence-corrected chi connectivity index (χ4v) is 2.53. The fourth-order valence-electron chi connectivity index (χ4n) is 2.34. The summed E-state index contributed by atoms with van der Waals surface area (Å²) in [6.45, 7) is 1.83. The molecule has 3 rings (SSSR count). The van der Waals surface area contributed by atoms with Gasteiger partial charge in [0.15, 0.2) is 0 Å². The first-order chi connectivity index (χ1) is 11.1. The molecule has 114 valence electrons. The smallest absolute Gasteiger partial charge is 0.257 e. The highest BCUT2D eigenvalue weighted by Gasteiger charge is 2.12. The van der Waals surface area contributed by atoms with Crippen molar-refractivity contribution in [3.05, 3.63) is 83.0 Å². The van der Waals surface area contributed by atoms with E-state index in [4.69, 9.17) is 11.6 Å². The van der Waals surface area contributed by atoms with Crippen LogP contribution < -0.4 is 5.32 Å². The lowest BCUT2D eigenvalue weighted by molar-refractivity contribution is 0.102. The molecule has 4 heteroatoms. The maximum atomic E-state index is 12.4. The second-order valence-electron chi connectivity index (χ2n) is 5.16. The van der Waals surface area contributed by atoms with Gasteiger partial charge in [0.2, 0.25) is 0 Å². The fraction of sp³-hybridized carbons (Fsp3) is 0.0526. The van der Waals surface area contributed by atoms with Gasteiger partial charge in [-0.3, -0.25) is 9.78 Å². The molecule has 0 spiro atoms. The molecule has 23 heavy (non-hydrogen) atoms. The minimum Gasteiger partial charge on any atom is -0.322 e. The predicted octanol–water partition coefficient (Wildman–Crippen LogP) is 4.96. The summed E-state index contributed by atoms with van der Waals surface area (Å²) in [4.78, 5) is 16.9. The number of hydrogen-bond donors (Lipinski definition) is 1. The summed E-state index contributed by atoms with van der Waals surface area (Å²) < 4.78 is 0. The van der Waals surface area contributed by atoms with Gasteiger partial charge in [0, 0.05) is 16.3 Å². The Bertz CT molecular complexity index is 847. The number of anilines is 1. The molecular formula is C19H15ClN2O. The van der Waals surface area contributed by atoms with E-state index in [0.29, 0.717) is 22.0 Å². The average Bonchev–Trinajstić information content (AvgIpc) is 2.55. The second-order valence-corrected chi connectivity index (χ2v) is 5.60. The Morgan fingerprint density at radius 1 is 1.00 bits per heavy atom. The van der Waals surface area contributed by atoms with Gasteiger partial charge < -0.3 is 5.32 Å². The molecule has 0 bridgehead atoms. The third-order valence-corrected chi connectivity index (χ3v) is 3.72. The number of rotatable bonds is 3. The molecule has 1 heterocycles. The molecule has 3 nitrogen and oxygen atoms in total. The van der Waals surface area contributed by atoms with Crippen LogP contribution >= 0.6 is 11.6 Å². The van der Waals surface area contributed by atoms with Crippen molar-refractivity contribution in [2.24, 2.45) is 0 Å². The van der Waals surface area contributed by atoms with Crippen molar-refractivity contribution >= 4 is 23.2 Å². The highest BCUT2D eigenvalue weighted by molar-refractivity contribution is 6.31. The number of aromatic nitrogens is 1. The molecule has 0 aliphatic rings. The number of halogens is 1. The van der Waals surface area contributed by atoms with E-state index in [-0.39, 0.29) is 5.91 Å². The Morgan fingerprint density at radius 2 is 1.78 bits per heavy atom. The van der Waals surface area contributed by atoms with Crippen molar-refractivity contribution in [2.45, 2.75) is 6.92 Å². The van der Waals surface area contributed by atoms with Gasteiger partial charge in [-0.2, -0.15) is 0 Å². The molecule has 0 atom stereocenters. The van der Waals surface area contributed by atoms with Crippen LogP contribution in [0.3, 0.4) is 0 Å². The van der Waals surface area contributed by atoms with E-state index in [9.17, 15) is 4.79 Å². The molecule has 0 aliphatic carbocycles. The maximum absolute atomic E-state index is 12.4. The third kappa shape index (κ3) is 3.58. The maximum Gasteiger partial charge on any atom is 0.257 e. The minimum absolute atomic E-state index is 0.197. The lowest BCUT2D eigenvalue weighted by Crippen LogP contribution is -2.14. The van der Waals surface area contributed by atoms with Crippen LogP contribution in [0, 0.1) is 6.92 Å². The van der Waals surface area contributed by atoms with Gasteiger partial charge in [0.05, 0.1) is 17.0 Å². The zero-order valence-corrected chi connectivity index (χ0v) is 13.3. The van der Waals surface area contributed by atoms with Gasteiger partial charge in [-0.05, 0) is 37.3 Å². The molecule has 1 N–H and O–H groups in total. The van der Waals surface area contributed by atoms with Crippen LogP contribution in [-0.4, -0.2) is 10.9 Å². The third-order valence-electron chi connectivity index (χ3n) is 3.48. The van der Waals surface area contributed by atoms with Gasteiger partial charge in [-0.15, -0.1) is 0 Å². The number of nitrogens with zero attached hydrogens (tertiary/aromatic N) is 1. The number of aryl methyl sites for hydroxylation is 1. The van der Waals surface area contributed by atoms with Crippen molar-refractivity contribution in [1.82, 2.24) is 4.98 Å². The van der Waals surface area contributed by atoms with E-state index in [1.807, 2.05) is 43.3 Å². The van der Waals surface area contributed by atoms with Crippen LogP contribution in [0.2, 0.25) is 5.02 Å². The van der Waals surface area contributed by atoms with E-state index in [1.54, 1.807) is 30.3 Å². The first kappa shape index (κ1) is 15.3. The number of pyridine rings is 1. The summed E-state index contributed by atoms with van der Waals surface area (Å²) in [6, 6.07) is 20.6. The predicted molar refractivity (Wildman–Crippen MR) is 93.8 cm³/mol. The number of benzene rings is 2. The van der Waals surface area contributed by atoms with Crippen LogP contribution in [0.5, 0.6) is 0 Å². The number of carbonyl (C=O) groups is 1. The summed E-state index contributed by atoms with van der Waals surface area (Å²) in [7, 11) is 0. The van der Waals surface area contributed by atoms with Crippen molar-refractivity contribution in [3.63, 3.8) is 0 Å². The Hall–Kier alpha value is -2.65. The van der Waals surface area contributed by atoms with Crippen molar-refractivity contribution < 1.29 is 4.79 Å². The van der Waals surface area contributed by atoms with Crippen molar-refractivity contribution in [1.29, 1.82) is 0 Å². The zero-order valence-electron chi connectivity index (χ0n) is 12.6. The molecule has 0 unspecified atom stereocenters. The van der Waals surface area contributed by atoms with E-state index in [2.05, 4.69) is 10.3 Å². The van der Waals surface area contributed by atoms with Crippen LogP contribution in [0.25, 0.3) is 11.3 Å². The lowest BCUT2D eigenvalue weighted by Gasteiger charge is -2.09. The van der Waals surface area contributed by atoms with E-state index in [0.717, 1.165) is 11.3 Å². The van der Waals surface area contributed by atoms with E-state index in [1.165, 1.54) is 0 Å². The quantitative estimate of drug-likeness (QED) is 0.740. The van der Waals surface area contributed by atoms with Gasteiger partial charge in [-0.1, -0.05) is 48.0 Å². The number of carbonyl (C=O) groups excluding carboxylic acids is 1. The molecule has 0 saturated carbocycles. The highest BCUT2D eigenvalue weighted by atomic mass is 35.5. The largest absolute Gasteiger partial charge is 0.322 e.